The van der Waals surface area contributed by atoms with E-state index in [1.165, 1.54) is 6.08 Å². The highest BCUT2D eigenvalue weighted by Crippen LogP contribution is 2.24. The molecule has 134 valence electrons. The Morgan fingerprint density at radius 2 is 1.63 bits per heavy atom. The van der Waals surface area contributed by atoms with Gasteiger partial charge in [-0.05, 0) is 29.8 Å². The number of halogens is 1. The lowest BCUT2D eigenvalue weighted by Gasteiger charge is -2.12. The Morgan fingerprint density at radius 3 is 2.30 bits per heavy atom. The van der Waals surface area contributed by atoms with Gasteiger partial charge < -0.3 is 10.5 Å². The van der Waals surface area contributed by atoms with E-state index in [9.17, 15) is 10.0 Å². The van der Waals surface area contributed by atoms with Gasteiger partial charge in [0.1, 0.15) is 5.71 Å². The molecule has 27 heavy (non-hydrogen) atoms. The lowest BCUT2D eigenvalue weighted by molar-refractivity contribution is -0.111. The van der Waals surface area contributed by atoms with E-state index in [2.05, 4.69) is 10.5 Å². The van der Waals surface area contributed by atoms with Gasteiger partial charge in [0.2, 0.25) is 5.91 Å². The molecule has 0 bridgehead atoms. The molecule has 0 heterocycles. The molecular weight excluding hydrogens is 360 g/mol. The SMILES string of the molecule is O=C(/C=C/c1ccccc1)Nc1ccc(Cl)cc1/C(=N/O)c1ccccc1. The fourth-order valence-corrected chi connectivity index (χ4v) is 2.77. The van der Waals surface area contributed by atoms with Crippen molar-refractivity contribution < 1.29 is 10.0 Å². The van der Waals surface area contributed by atoms with Crippen molar-refractivity contribution in [2.24, 2.45) is 5.16 Å². The van der Waals surface area contributed by atoms with Crippen molar-refractivity contribution in [3.8, 4) is 0 Å². The molecule has 0 unspecified atom stereocenters. The number of rotatable bonds is 5. The minimum absolute atomic E-state index is 0.298. The van der Waals surface area contributed by atoms with Crippen molar-refractivity contribution in [2.75, 3.05) is 5.32 Å². The van der Waals surface area contributed by atoms with Crippen molar-refractivity contribution in [3.63, 3.8) is 0 Å². The van der Waals surface area contributed by atoms with Crippen LogP contribution >= 0.6 is 11.6 Å². The minimum atomic E-state index is -0.298. The molecule has 0 atom stereocenters. The molecule has 0 aliphatic rings. The first-order chi connectivity index (χ1) is 13.2. The van der Waals surface area contributed by atoms with Crippen molar-refractivity contribution >= 4 is 35.0 Å². The van der Waals surface area contributed by atoms with Crippen LogP contribution in [0.25, 0.3) is 6.08 Å². The second-order valence-electron chi connectivity index (χ2n) is 5.74. The van der Waals surface area contributed by atoms with Gasteiger partial charge >= 0.3 is 0 Å². The highest BCUT2D eigenvalue weighted by molar-refractivity contribution is 6.31. The number of hydrogen-bond donors (Lipinski definition) is 2. The zero-order chi connectivity index (χ0) is 19.1. The van der Waals surface area contributed by atoms with Gasteiger partial charge in [-0.3, -0.25) is 4.79 Å². The molecule has 2 N–H and O–H groups in total. The number of amides is 1. The topological polar surface area (TPSA) is 61.7 Å². The summed E-state index contributed by atoms with van der Waals surface area (Å²) in [5, 5.41) is 16.3. The van der Waals surface area contributed by atoms with Gasteiger partial charge in [-0.25, -0.2) is 0 Å². The van der Waals surface area contributed by atoms with E-state index < -0.39 is 0 Å². The Bertz CT molecular complexity index is 984. The van der Waals surface area contributed by atoms with E-state index >= 15 is 0 Å². The van der Waals surface area contributed by atoms with Gasteiger partial charge in [-0.1, -0.05) is 77.4 Å². The summed E-state index contributed by atoms with van der Waals surface area (Å²) in [5.74, 6) is -0.298. The first-order valence-electron chi connectivity index (χ1n) is 8.29. The Morgan fingerprint density at radius 1 is 0.963 bits per heavy atom. The highest BCUT2D eigenvalue weighted by atomic mass is 35.5. The van der Waals surface area contributed by atoms with Crippen LogP contribution in [0.2, 0.25) is 5.02 Å². The molecule has 5 heteroatoms. The lowest BCUT2D eigenvalue weighted by Crippen LogP contribution is -2.13. The number of hydrogen-bond acceptors (Lipinski definition) is 3. The van der Waals surface area contributed by atoms with Gasteiger partial charge in [0.15, 0.2) is 0 Å². The molecule has 0 aliphatic carbocycles. The third-order valence-electron chi connectivity index (χ3n) is 3.87. The van der Waals surface area contributed by atoms with Gasteiger partial charge in [-0.2, -0.15) is 0 Å². The van der Waals surface area contributed by atoms with Gasteiger partial charge in [0.25, 0.3) is 0 Å². The third kappa shape index (κ3) is 4.84. The monoisotopic (exact) mass is 376 g/mol. The molecule has 0 radical (unpaired) electrons. The molecule has 3 aromatic rings. The number of anilines is 1. The average Bonchev–Trinajstić information content (AvgIpc) is 2.70. The zero-order valence-corrected chi connectivity index (χ0v) is 15.1. The Hall–Kier alpha value is -3.37. The number of oxime groups is 1. The van der Waals surface area contributed by atoms with Crippen molar-refractivity contribution in [1.29, 1.82) is 0 Å². The summed E-state index contributed by atoms with van der Waals surface area (Å²) in [7, 11) is 0. The lowest BCUT2D eigenvalue weighted by atomic mass is 10.0. The van der Waals surface area contributed by atoms with E-state index in [0.717, 1.165) is 5.56 Å². The molecule has 3 aromatic carbocycles. The van der Waals surface area contributed by atoms with Crippen molar-refractivity contribution in [1.82, 2.24) is 0 Å². The maximum absolute atomic E-state index is 12.3. The van der Waals surface area contributed by atoms with Gasteiger partial charge in [0.05, 0.1) is 5.69 Å². The molecule has 0 saturated carbocycles. The first kappa shape index (κ1) is 18.4. The van der Waals surface area contributed by atoms with Crippen LogP contribution < -0.4 is 5.32 Å². The summed E-state index contributed by atoms with van der Waals surface area (Å²) >= 11 is 6.12. The predicted octanol–water partition coefficient (Wildman–Crippen LogP) is 5.22. The van der Waals surface area contributed by atoms with Crippen LogP contribution in [0.15, 0.2) is 90.1 Å². The number of carbonyl (C=O) groups excluding carboxylic acids is 1. The van der Waals surface area contributed by atoms with Crippen LogP contribution in [0.5, 0.6) is 0 Å². The van der Waals surface area contributed by atoms with Crippen LogP contribution in [0.3, 0.4) is 0 Å². The maximum Gasteiger partial charge on any atom is 0.248 e. The van der Waals surface area contributed by atoms with Crippen molar-refractivity contribution in [3.05, 3.63) is 107 Å². The van der Waals surface area contributed by atoms with Gasteiger partial charge in [0, 0.05) is 22.2 Å². The minimum Gasteiger partial charge on any atom is -0.410 e. The Kier molecular flexibility index (Phi) is 6.02. The largest absolute Gasteiger partial charge is 0.410 e. The molecule has 0 saturated heterocycles. The van der Waals surface area contributed by atoms with Crippen molar-refractivity contribution in [2.45, 2.75) is 0 Å². The number of nitrogens with one attached hydrogen (secondary N) is 1. The summed E-state index contributed by atoms with van der Waals surface area (Å²) in [6, 6.07) is 23.7. The van der Waals surface area contributed by atoms with E-state index in [-0.39, 0.29) is 5.91 Å². The summed E-state index contributed by atoms with van der Waals surface area (Å²) in [5.41, 5.74) is 2.97. The van der Waals surface area contributed by atoms with Crippen LogP contribution in [-0.2, 0) is 4.79 Å². The number of nitrogens with zero attached hydrogens (tertiary/aromatic N) is 1. The van der Waals surface area contributed by atoms with E-state index in [4.69, 9.17) is 11.6 Å². The van der Waals surface area contributed by atoms with E-state index in [0.29, 0.717) is 27.5 Å². The standard InChI is InChI=1S/C22H17ClN2O2/c23-18-12-13-20(24-21(26)14-11-16-7-3-1-4-8-16)19(15-18)22(25-27)17-9-5-2-6-10-17/h1-15,27H,(H,24,26)/b14-11+,25-22+. The summed E-state index contributed by atoms with van der Waals surface area (Å²) in [6.07, 6.45) is 3.18. The number of carbonyl (C=O) groups is 1. The van der Waals surface area contributed by atoms with Crippen LogP contribution in [0.1, 0.15) is 16.7 Å². The van der Waals surface area contributed by atoms with E-state index in [1.54, 1.807) is 24.3 Å². The fourth-order valence-electron chi connectivity index (χ4n) is 2.59. The molecule has 3 rings (SSSR count). The molecule has 0 aromatic heterocycles. The molecule has 4 nitrogen and oxygen atoms in total. The first-order valence-corrected chi connectivity index (χ1v) is 8.66. The quantitative estimate of drug-likeness (QED) is 0.277. The second kappa shape index (κ2) is 8.83. The number of benzene rings is 3. The Balaban J connectivity index is 1.88. The van der Waals surface area contributed by atoms with Gasteiger partial charge in [-0.15, -0.1) is 0 Å². The predicted molar refractivity (Wildman–Crippen MR) is 109 cm³/mol. The summed E-state index contributed by atoms with van der Waals surface area (Å²) in [4.78, 5) is 12.3. The maximum atomic E-state index is 12.3. The highest BCUT2D eigenvalue weighted by Gasteiger charge is 2.14. The smallest absolute Gasteiger partial charge is 0.248 e. The van der Waals surface area contributed by atoms with Crippen LogP contribution in [0, 0.1) is 0 Å². The Labute approximate surface area is 162 Å². The molecule has 0 fully saturated rings. The van der Waals surface area contributed by atoms with Crippen LogP contribution in [-0.4, -0.2) is 16.8 Å². The van der Waals surface area contributed by atoms with E-state index in [1.807, 2.05) is 60.7 Å². The summed E-state index contributed by atoms with van der Waals surface area (Å²) in [6.45, 7) is 0. The van der Waals surface area contributed by atoms with Crippen LogP contribution in [0.4, 0.5) is 5.69 Å². The molecular formula is C22H17ClN2O2. The third-order valence-corrected chi connectivity index (χ3v) is 4.10. The summed E-state index contributed by atoms with van der Waals surface area (Å²) < 4.78 is 0. The average molecular weight is 377 g/mol. The fraction of sp³-hybridized carbons (Fsp3) is 0. The second-order valence-corrected chi connectivity index (χ2v) is 6.17. The zero-order valence-electron chi connectivity index (χ0n) is 14.3. The normalized spacial score (nSPS) is 11.5. The molecule has 1 amide bonds. The molecule has 0 spiro atoms. The molecule has 0 aliphatic heterocycles.